The molecule has 0 fully saturated rings. The Morgan fingerprint density at radius 1 is 1.27 bits per heavy atom. The van der Waals surface area contributed by atoms with E-state index < -0.39 is 0 Å². The third-order valence-electron chi connectivity index (χ3n) is 1.59. The van der Waals surface area contributed by atoms with Crippen molar-refractivity contribution in [2.45, 2.75) is 13.8 Å². The average molecular weight is 147 g/mol. The Labute approximate surface area is 67.8 Å². The van der Waals surface area contributed by atoms with E-state index in [0.717, 1.165) is 0 Å². The first kappa shape index (κ1) is 7.99. The van der Waals surface area contributed by atoms with Gasteiger partial charge >= 0.3 is 0 Å². The normalized spacial score (nSPS) is 29.9. The highest BCUT2D eigenvalue weighted by molar-refractivity contribution is 5.72. The summed E-state index contributed by atoms with van der Waals surface area (Å²) in [6, 6.07) is 0. The molecular formula is C10H13N. The fourth-order valence-electron chi connectivity index (χ4n) is 0.898. The fourth-order valence-corrected chi connectivity index (χ4v) is 0.898. The molecule has 0 amide bonds. The number of aliphatic imine (C=N–C) groups is 1. The van der Waals surface area contributed by atoms with Crippen molar-refractivity contribution < 1.29 is 0 Å². The summed E-state index contributed by atoms with van der Waals surface area (Å²) in [5, 5.41) is 0. The van der Waals surface area contributed by atoms with E-state index in [4.69, 9.17) is 0 Å². The molecule has 1 heteroatoms. The first-order chi connectivity index (χ1) is 5.30. The first-order valence-electron chi connectivity index (χ1n) is 3.87. The molecule has 0 aromatic heterocycles. The maximum atomic E-state index is 3.99. The van der Waals surface area contributed by atoms with Gasteiger partial charge in [-0.15, -0.1) is 0 Å². The largest absolute Gasteiger partial charge is 0.265 e. The highest BCUT2D eigenvalue weighted by atomic mass is 14.6. The molecule has 0 radical (unpaired) electrons. The van der Waals surface area contributed by atoms with Gasteiger partial charge in [0.2, 0.25) is 0 Å². The summed E-state index contributed by atoms with van der Waals surface area (Å²) in [6.45, 7) is 4.37. The Bertz CT molecular complexity index is 229. The lowest BCUT2D eigenvalue weighted by Crippen LogP contribution is -1.90. The lowest BCUT2D eigenvalue weighted by atomic mass is 10.0. The van der Waals surface area contributed by atoms with Gasteiger partial charge in [0.15, 0.2) is 0 Å². The maximum absolute atomic E-state index is 3.99. The summed E-state index contributed by atoms with van der Waals surface area (Å²) in [5.41, 5.74) is 1.34. The fraction of sp³-hybridized carbons (Fsp3) is 0.300. The quantitative estimate of drug-likeness (QED) is 0.540. The zero-order valence-electron chi connectivity index (χ0n) is 6.99. The number of allylic oxidation sites excluding steroid dienone is 5. The Kier molecular flexibility index (Phi) is 2.84. The molecule has 1 heterocycles. The smallest absolute Gasteiger partial charge is 0.0267 e. The second kappa shape index (κ2) is 3.91. The Hall–Kier alpha value is -1.11. The minimum Gasteiger partial charge on any atom is -0.265 e. The molecule has 1 aliphatic heterocycles. The molecule has 0 spiro atoms. The summed E-state index contributed by atoms with van der Waals surface area (Å²) in [7, 11) is 0. The Morgan fingerprint density at radius 3 is 2.82 bits per heavy atom. The number of hydrogen-bond acceptors (Lipinski definition) is 1. The molecule has 1 rings (SSSR count). The van der Waals surface area contributed by atoms with Crippen LogP contribution in [0.15, 0.2) is 41.1 Å². The molecule has 1 aliphatic rings. The Morgan fingerprint density at radius 2 is 2.09 bits per heavy atom. The van der Waals surface area contributed by atoms with Crippen LogP contribution in [-0.4, -0.2) is 6.21 Å². The van der Waals surface area contributed by atoms with Gasteiger partial charge in [0.25, 0.3) is 0 Å². The molecule has 0 N–H and O–H groups in total. The Balaban J connectivity index is 2.78. The molecule has 0 atom stereocenters. The second-order valence-electron chi connectivity index (χ2n) is 2.82. The van der Waals surface area contributed by atoms with Crippen LogP contribution in [0.1, 0.15) is 13.8 Å². The lowest BCUT2D eigenvalue weighted by Gasteiger charge is -2.04. The molecule has 0 unspecified atom stereocenters. The molecule has 1 nitrogen and oxygen atoms in total. The number of nitrogens with zero attached hydrogens (tertiary/aromatic N) is 1. The van der Waals surface area contributed by atoms with E-state index in [1.165, 1.54) is 5.57 Å². The van der Waals surface area contributed by atoms with Gasteiger partial charge in [-0.05, 0) is 23.6 Å². The number of rotatable bonds is 1. The van der Waals surface area contributed by atoms with E-state index in [2.05, 4.69) is 31.0 Å². The van der Waals surface area contributed by atoms with Crippen molar-refractivity contribution in [3.63, 3.8) is 0 Å². The third-order valence-corrected chi connectivity index (χ3v) is 1.59. The van der Waals surface area contributed by atoms with Gasteiger partial charge in [-0.25, -0.2) is 0 Å². The van der Waals surface area contributed by atoms with Crippen molar-refractivity contribution in [1.82, 2.24) is 0 Å². The van der Waals surface area contributed by atoms with Crippen LogP contribution in [0.25, 0.3) is 0 Å². The van der Waals surface area contributed by atoms with Crippen LogP contribution in [0.3, 0.4) is 0 Å². The summed E-state index contributed by atoms with van der Waals surface area (Å²) in [5.74, 6) is 0.586. The molecule has 0 aromatic rings. The van der Waals surface area contributed by atoms with Gasteiger partial charge in [0.05, 0.1) is 0 Å². The highest BCUT2D eigenvalue weighted by Gasteiger charge is 1.96. The molecule has 0 aromatic carbocycles. The van der Waals surface area contributed by atoms with Crippen LogP contribution >= 0.6 is 0 Å². The van der Waals surface area contributed by atoms with Gasteiger partial charge in [-0.2, -0.15) is 0 Å². The van der Waals surface area contributed by atoms with Gasteiger partial charge < -0.3 is 0 Å². The van der Waals surface area contributed by atoms with Crippen molar-refractivity contribution in [2.75, 3.05) is 0 Å². The lowest BCUT2D eigenvalue weighted by molar-refractivity contribution is 0.792. The molecular weight excluding hydrogens is 134 g/mol. The molecule has 0 saturated heterocycles. The zero-order chi connectivity index (χ0) is 8.10. The van der Waals surface area contributed by atoms with Crippen molar-refractivity contribution in [3.8, 4) is 0 Å². The van der Waals surface area contributed by atoms with Crippen molar-refractivity contribution in [1.29, 1.82) is 0 Å². The summed E-state index contributed by atoms with van der Waals surface area (Å²) in [6.07, 6.45) is 11.7. The topological polar surface area (TPSA) is 12.4 Å². The third kappa shape index (κ3) is 2.54. The maximum Gasteiger partial charge on any atom is 0.0267 e. The van der Waals surface area contributed by atoms with Crippen LogP contribution in [-0.2, 0) is 0 Å². The van der Waals surface area contributed by atoms with Gasteiger partial charge in [0.1, 0.15) is 0 Å². The van der Waals surface area contributed by atoms with Crippen molar-refractivity contribution in [3.05, 3.63) is 36.1 Å². The van der Waals surface area contributed by atoms with E-state index in [0.29, 0.717) is 5.92 Å². The van der Waals surface area contributed by atoms with E-state index in [9.17, 15) is 0 Å². The molecule has 0 aliphatic carbocycles. The minimum atomic E-state index is 0.586. The standard InChI is InChI=1S/C10H13N/c1-9(2)10-5-3-7-11-8-4-6-10/h3-9H,1-2H3/b5-3-,6-4?,7-3?,8-4+,10-5?,10-6-,11-7-,11-8?. The summed E-state index contributed by atoms with van der Waals surface area (Å²) < 4.78 is 0. The summed E-state index contributed by atoms with van der Waals surface area (Å²) >= 11 is 0. The first-order valence-corrected chi connectivity index (χ1v) is 3.87. The number of hydrogen-bond donors (Lipinski definition) is 0. The van der Waals surface area contributed by atoms with Crippen LogP contribution in [0, 0.1) is 5.92 Å². The molecule has 11 heavy (non-hydrogen) atoms. The van der Waals surface area contributed by atoms with E-state index in [1.54, 1.807) is 12.4 Å². The second-order valence-corrected chi connectivity index (χ2v) is 2.82. The van der Waals surface area contributed by atoms with E-state index >= 15 is 0 Å². The van der Waals surface area contributed by atoms with Gasteiger partial charge in [0, 0.05) is 12.4 Å². The predicted molar refractivity (Wildman–Crippen MR) is 49.7 cm³/mol. The van der Waals surface area contributed by atoms with Crippen LogP contribution < -0.4 is 0 Å². The minimum absolute atomic E-state index is 0.586. The predicted octanol–water partition coefficient (Wildman–Crippen LogP) is 2.72. The highest BCUT2D eigenvalue weighted by Crippen LogP contribution is 2.11. The van der Waals surface area contributed by atoms with Crippen molar-refractivity contribution in [2.24, 2.45) is 10.9 Å². The summed E-state index contributed by atoms with van der Waals surface area (Å²) in [4.78, 5) is 3.99. The zero-order valence-corrected chi connectivity index (χ0v) is 6.99. The molecule has 58 valence electrons. The van der Waals surface area contributed by atoms with Gasteiger partial charge in [-0.1, -0.05) is 26.0 Å². The molecule has 0 saturated carbocycles. The van der Waals surface area contributed by atoms with E-state index in [-0.39, 0.29) is 0 Å². The average Bonchev–Trinajstić information content (AvgIpc) is 1.84. The SMILES string of the molecule is CC(C)C1=C\C=C\N=C/C=C\1. The van der Waals surface area contributed by atoms with Crippen molar-refractivity contribution >= 4 is 6.21 Å². The van der Waals surface area contributed by atoms with Crippen LogP contribution in [0.4, 0.5) is 0 Å². The van der Waals surface area contributed by atoms with Crippen LogP contribution in [0.5, 0.6) is 0 Å². The monoisotopic (exact) mass is 147 g/mol. The van der Waals surface area contributed by atoms with Crippen LogP contribution in [0.2, 0.25) is 0 Å². The van der Waals surface area contributed by atoms with E-state index in [1.807, 2.05) is 12.2 Å². The van der Waals surface area contributed by atoms with Gasteiger partial charge in [-0.3, -0.25) is 4.99 Å². The molecule has 0 bridgehead atoms.